The van der Waals surface area contributed by atoms with Crippen LogP contribution in [0.1, 0.15) is 68.1 Å². The lowest BCUT2D eigenvalue weighted by atomic mass is 10.1. The molecule has 7 nitrogen and oxygen atoms in total. The summed E-state index contributed by atoms with van der Waals surface area (Å²) in [7, 11) is 0. The quantitative estimate of drug-likeness (QED) is 0.323. The van der Waals surface area contributed by atoms with E-state index >= 15 is 0 Å². The summed E-state index contributed by atoms with van der Waals surface area (Å²) >= 11 is 0. The summed E-state index contributed by atoms with van der Waals surface area (Å²) < 4.78 is 15.7. The van der Waals surface area contributed by atoms with Crippen molar-refractivity contribution < 1.29 is 14.3 Å². The van der Waals surface area contributed by atoms with Gasteiger partial charge < -0.3 is 9.67 Å². The number of benzene rings is 1. The lowest BCUT2D eigenvalue weighted by molar-refractivity contribution is -0.130. The summed E-state index contributed by atoms with van der Waals surface area (Å²) in [5, 5.41) is 22.8. The van der Waals surface area contributed by atoms with E-state index in [1.54, 1.807) is 12.1 Å². The maximum atomic E-state index is 13.6. The molecule has 0 fully saturated rings. The van der Waals surface area contributed by atoms with Crippen LogP contribution in [0.15, 0.2) is 36.5 Å². The minimum Gasteiger partial charge on any atom is -0.478 e. The number of aryl methyl sites for hydroxylation is 1. The first-order valence-electron chi connectivity index (χ1n) is 10.7. The predicted molar refractivity (Wildman–Crippen MR) is 117 cm³/mol. The first-order valence-corrected chi connectivity index (χ1v) is 10.7. The largest absolute Gasteiger partial charge is 0.478 e. The Morgan fingerprint density at radius 3 is 2.71 bits per heavy atom. The first-order chi connectivity index (χ1) is 15.1. The third-order valence-corrected chi connectivity index (χ3v) is 5.16. The Bertz CT molecular complexity index is 1010. The van der Waals surface area contributed by atoms with Gasteiger partial charge in [-0.05, 0) is 53.5 Å². The van der Waals surface area contributed by atoms with E-state index < -0.39 is 5.97 Å². The number of unbranched alkanes of at least 4 members (excludes halogenated alkanes) is 5. The maximum Gasteiger partial charge on any atom is 0.339 e. The van der Waals surface area contributed by atoms with Crippen LogP contribution in [-0.4, -0.2) is 36.3 Å². The Morgan fingerprint density at radius 2 is 2.00 bits per heavy atom. The van der Waals surface area contributed by atoms with Crippen LogP contribution in [0.5, 0.6) is 0 Å². The molecule has 0 amide bonds. The average molecular weight is 426 g/mol. The van der Waals surface area contributed by atoms with Crippen LogP contribution in [0, 0.1) is 5.82 Å². The molecule has 0 aliphatic rings. The van der Waals surface area contributed by atoms with Gasteiger partial charge in [0.15, 0.2) is 0 Å². The molecular weight excluding hydrogens is 397 g/mol. The minimum atomic E-state index is -1.13. The van der Waals surface area contributed by atoms with Crippen LogP contribution in [0.3, 0.4) is 0 Å². The first kappa shape index (κ1) is 22.4. The molecule has 0 atom stereocenters. The summed E-state index contributed by atoms with van der Waals surface area (Å²) in [5.41, 5.74) is 2.64. The highest BCUT2D eigenvalue weighted by Gasteiger charge is 2.16. The number of carboxylic acid groups (broad SMARTS) is 1. The zero-order chi connectivity index (χ0) is 22.1. The second-order valence-electron chi connectivity index (χ2n) is 7.64. The molecule has 0 aliphatic heterocycles. The standard InChI is InChI=1S/C23H28FN5O2/c1-2-3-4-5-6-7-11-20-13-18(14-21(23(30)31)22-25-27-28-26-22)16-29(20)15-17-9-8-10-19(24)12-17/h8-10,12-14,16H,2-7,11,15H2,1H3,(H,30,31)(H,25,26,27,28). The smallest absolute Gasteiger partial charge is 0.339 e. The predicted octanol–water partition coefficient (Wildman–Crippen LogP) is 4.72. The summed E-state index contributed by atoms with van der Waals surface area (Å²) in [6, 6.07) is 8.51. The molecule has 8 heteroatoms. The third-order valence-electron chi connectivity index (χ3n) is 5.16. The molecule has 2 heterocycles. The Kier molecular flexibility index (Phi) is 8.09. The molecule has 0 spiro atoms. The Morgan fingerprint density at radius 1 is 1.19 bits per heavy atom. The Hall–Kier alpha value is -3.29. The number of halogens is 1. The van der Waals surface area contributed by atoms with E-state index in [9.17, 15) is 14.3 Å². The van der Waals surface area contributed by atoms with Crippen molar-refractivity contribution in [2.24, 2.45) is 0 Å². The number of H-pyrrole nitrogens is 1. The molecule has 2 aromatic heterocycles. The molecule has 0 radical (unpaired) electrons. The van der Waals surface area contributed by atoms with Crippen LogP contribution in [0.4, 0.5) is 4.39 Å². The molecule has 2 N–H and O–H groups in total. The van der Waals surface area contributed by atoms with Gasteiger partial charge >= 0.3 is 5.97 Å². The molecule has 1 aromatic carbocycles. The third kappa shape index (κ3) is 6.60. The van der Waals surface area contributed by atoms with Crippen molar-refractivity contribution in [3.8, 4) is 0 Å². The van der Waals surface area contributed by atoms with E-state index in [1.165, 1.54) is 37.8 Å². The maximum absolute atomic E-state index is 13.6. The van der Waals surface area contributed by atoms with Crippen LogP contribution in [0.2, 0.25) is 0 Å². The van der Waals surface area contributed by atoms with Crippen LogP contribution in [-0.2, 0) is 17.8 Å². The number of carbonyl (C=O) groups is 1. The lowest BCUT2D eigenvalue weighted by Crippen LogP contribution is -2.03. The van der Waals surface area contributed by atoms with Crippen LogP contribution >= 0.6 is 0 Å². The number of tetrazole rings is 1. The molecule has 0 aliphatic carbocycles. The van der Waals surface area contributed by atoms with Crippen molar-refractivity contribution in [2.75, 3.05) is 0 Å². The van der Waals surface area contributed by atoms with Crippen molar-refractivity contribution in [3.63, 3.8) is 0 Å². The SMILES string of the molecule is CCCCCCCCc1cc(C=C(C(=O)O)c2nn[nH]n2)cn1Cc1cccc(F)c1. The normalized spacial score (nSPS) is 11.7. The van der Waals surface area contributed by atoms with Gasteiger partial charge in [0.05, 0.1) is 0 Å². The van der Waals surface area contributed by atoms with Gasteiger partial charge in [-0.2, -0.15) is 5.21 Å². The van der Waals surface area contributed by atoms with Gasteiger partial charge in [0.1, 0.15) is 11.4 Å². The highest BCUT2D eigenvalue weighted by atomic mass is 19.1. The fraction of sp³-hybridized carbons (Fsp3) is 0.391. The fourth-order valence-corrected chi connectivity index (χ4v) is 3.60. The second kappa shape index (κ2) is 11.2. The van der Waals surface area contributed by atoms with E-state index in [0.29, 0.717) is 6.54 Å². The number of aromatic nitrogens is 5. The van der Waals surface area contributed by atoms with Crippen molar-refractivity contribution in [1.29, 1.82) is 0 Å². The van der Waals surface area contributed by atoms with Gasteiger partial charge in [-0.1, -0.05) is 51.2 Å². The molecule has 0 saturated carbocycles. The zero-order valence-corrected chi connectivity index (χ0v) is 17.7. The van der Waals surface area contributed by atoms with E-state index in [-0.39, 0.29) is 17.2 Å². The van der Waals surface area contributed by atoms with E-state index in [1.807, 2.05) is 18.3 Å². The molecule has 164 valence electrons. The van der Waals surface area contributed by atoms with Crippen LogP contribution < -0.4 is 0 Å². The molecular formula is C23H28FN5O2. The van der Waals surface area contributed by atoms with Gasteiger partial charge in [0, 0.05) is 18.4 Å². The summed E-state index contributed by atoms with van der Waals surface area (Å²) in [4.78, 5) is 11.7. The van der Waals surface area contributed by atoms with Crippen LogP contribution in [0.25, 0.3) is 11.6 Å². The zero-order valence-electron chi connectivity index (χ0n) is 17.7. The number of aliphatic carboxylic acids is 1. The summed E-state index contributed by atoms with van der Waals surface area (Å²) in [6.45, 7) is 2.72. The number of carboxylic acids is 1. The van der Waals surface area contributed by atoms with E-state index in [0.717, 1.165) is 36.1 Å². The number of hydrogen-bond acceptors (Lipinski definition) is 4. The van der Waals surface area contributed by atoms with Gasteiger partial charge in [-0.3, -0.25) is 0 Å². The molecule has 0 saturated heterocycles. The number of nitrogens with one attached hydrogen (secondary N) is 1. The summed E-state index contributed by atoms with van der Waals surface area (Å²) in [5.74, 6) is -1.37. The Labute approximate surface area is 181 Å². The van der Waals surface area contributed by atoms with Gasteiger partial charge in [0.2, 0.25) is 5.82 Å². The fourth-order valence-electron chi connectivity index (χ4n) is 3.60. The molecule has 3 aromatic rings. The molecule has 0 unspecified atom stereocenters. The van der Waals surface area contributed by atoms with E-state index in [2.05, 4.69) is 32.1 Å². The van der Waals surface area contributed by atoms with Gasteiger partial charge in [0.25, 0.3) is 0 Å². The second-order valence-corrected chi connectivity index (χ2v) is 7.64. The number of nitrogens with zero attached hydrogens (tertiary/aromatic N) is 4. The molecule has 31 heavy (non-hydrogen) atoms. The lowest BCUT2D eigenvalue weighted by Gasteiger charge is -2.09. The Balaban J connectivity index is 1.82. The van der Waals surface area contributed by atoms with Crippen molar-refractivity contribution in [2.45, 2.75) is 58.4 Å². The van der Waals surface area contributed by atoms with Crippen molar-refractivity contribution >= 4 is 17.6 Å². The van der Waals surface area contributed by atoms with E-state index in [4.69, 9.17) is 0 Å². The van der Waals surface area contributed by atoms with Crippen molar-refractivity contribution in [3.05, 3.63) is 65.0 Å². The summed E-state index contributed by atoms with van der Waals surface area (Å²) in [6.07, 6.45) is 11.5. The van der Waals surface area contributed by atoms with Gasteiger partial charge in [-0.15, -0.1) is 10.2 Å². The van der Waals surface area contributed by atoms with Gasteiger partial charge in [-0.25, -0.2) is 9.18 Å². The monoisotopic (exact) mass is 425 g/mol. The average Bonchev–Trinajstić information content (AvgIpc) is 3.39. The van der Waals surface area contributed by atoms with Crippen molar-refractivity contribution in [1.82, 2.24) is 25.2 Å². The highest BCUT2D eigenvalue weighted by molar-refractivity contribution is 6.19. The molecule has 3 rings (SSSR count). The number of hydrogen-bond donors (Lipinski definition) is 2. The topological polar surface area (TPSA) is 96.7 Å². The molecule has 0 bridgehead atoms. The highest BCUT2D eigenvalue weighted by Crippen LogP contribution is 2.20. The number of aromatic amines is 1. The minimum absolute atomic E-state index is 0.0304. The number of rotatable bonds is 12.